The van der Waals surface area contributed by atoms with Crippen molar-refractivity contribution in [1.82, 2.24) is 0 Å². The minimum atomic E-state index is -1.06. The van der Waals surface area contributed by atoms with Crippen molar-refractivity contribution in [2.45, 2.75) is 38.5 Å². The zero-order valence-electron chi connectivity index (χ0n) is 17.3. The number of carboxylic acid groups (broad SMARTS) is 4. The molecule has 0 aromatic heterocycles. The summed E-state index contributed by atoms with van der Waals surface area (Å²) in [4.78, 5) is 43.7. The molecular formula is C24H24O8. The number of benzene rings is 2. The van der Waals surface area contributed by atoms with E-state index in [2.05, 4.69) is 0 Å². The van der Waals surface area contributed by atoms with Gasteiger partial charge in [-0.3, -0.25) is 0 Å². The normalized spacial score (nSPS) is 18.9. The maximum atomic E-state index is 11.6. The summed E-state index contributed by atoms with van der Waals surface area (Å²) in [5, 5.41) is 35.8. The lowest BCUT2D eigenvalue weighted by Crippen LogP contribution is -2.17. The van der Waals surface area contributed by atoms with Crippen LogP contribution in [0.2, 0.25) is 0 Å². The fourth-order valence-electron chi connectivity index (χ4n) is 4.54. The molecule has 0 atom stereocenters. The number of carboxylic acids is 4. The maximum absolute atomic E-state index is 11.6. The Labute approximate surface area is 184 Å². The molecule has 0 amide bonds. The van der Waals surface area contributed by atoms with E-state index in [4.69, 9.17) is 10.2 Å². The van der Waals surface area contributed by atoms with Crippen LogP contribution in [0.5, 0.6) is 0 Å². The van der Waals surface area contributed by atoms with E-state index < -0.39 is 23.9 Å². The number of hydrogen-bond donors (Lipinski definition) is 4. The van der Waals surface area contributed by atoms with E-state index in [9.17, 15) is 29.4 Å². The predicted octanol–water partition coefficient (Wildman–Crippen LogP) is 4.07. The average molecular weight is 440 g/mol. The Hall–Kier alpha value is -3.68. The number of hydrogen-bond acceptors (Lipinski definition) is 4. The quantitative estimate of drug-likeness (QED) is 0.556. The van der Waals surface area contributed by atoms with Gasteiger partial charge in [0.05, 0.1) is 22.3 Å². The van der Waals surface area contributed by atoms with E-state index in [0.29, 0.717) is 23.8 Å². The van der Waals surface area contributed by atoms with Crippen molar-refractivity contribution in [2.24, 2.45) is 11.8 Å². The van der Waals surface area contributed by atoms with Gasteiger partial charge >= 0.3 is 23.9 Å². The molecule has 0 radical (unpaired) electrons. The van der Waals surface area contributed by atoms with Crippen LogP contribution >= 0.6 is 0 Å². The van der Waals surface area contributed by atoms with Gasteiger partial charge in [0.2, 0.25) is 0 Å². The molecule has 2 aromatic carbocycles. The van der Waals surface area contributed by atoms with Gasteiger partial charge in [0.25, 0.3) is 0 Å². The highest BCUT2D eigenvalue weighted by Crippen LogP contribution is 2.38. The summed E-state index contributed by atoms with van der Waals surface area (Å²) in [7, 11) is 0. The van der Waals surface area contributed by atoms with Crippen LogP contribution in [-0.4, -0.2) is 44.3 Å². The Morgan fingerprint density at radius 3 is 1.47 bits per heavy atom. The standard InChI is InChI=1S/C16H18O4.C8H6O4/c17-15(18)12-6-5-11-7-9-1-3-10(4-2-9)8-13(12)14(11)16(19)20;9-7(10)5-1-2-6(4-3-5)8(11)12/h5-6,9-10H,1-4,7-8H2,(H,17,18)(H,19,20);1-4H,(H,9,10)(H,11,12). The van der Waals surface area contributed by atoms with E-state index in [0.717, 1.165) is 37.7 Å². The minimum absolute atomic E-state index is 0.0833. The van der Waals surface area contributed by atoms with E-state index in [-0.39, 0.29) is 22.3 Å². The van der Waals surface area contributed by atoms with Crippen molar-refractivity contribution in [3.05, 3.63) is 69.8 Å². The van der Waals surface area contributed by atoms with Gasteiger partial charge in [0, 0.05) is 0 Å². The molecule has 32 heavy (non-hydrogen) atoms. The molecule has 0 heterocycles. The number of rotatable bonds is 4. The second-order valence-corrected chi connectivity index (χ2v) is 8.22. The molecule has 2 aromatic rings. The van der Waals surface area contributed by atoms with Crippen LogP contribution in [-0.2, 0) is 12.8 Å². The molecule has 0 spiro atoms. The largest absolute Gasteiger partial charge is 0.478 e. The highest BCUT2D eigenvalue weighted by atomic mass is 16.4. The van der Waals surface area contributed by atoms with Crippen LogP contribution in [0.15, 0.2) is 36.4 Å². The van der Waals surface area contributed by atoms with Crippen LogP contribution in [0.4, 0.5) is 0 Å². The van der Waals surface area contributed by atoms with Crippen LogP contribution < -0.4 is 0 Å². The van der Waals surface area contributed by atoms with Gasteiger partial charge in [0.1, 0.15) is 0 Å². The molecule has 1 saturated carbocycles. The summed E-state index contributed by atoms with van der Waals surface area (Å²) < 4.78 is 0. The predicted molar refractivity (Wildman–Crippen MR) is 114 cm³/mol. The summed E-state index contributed by atoms with van der Waals surface area (Å²) in [6.45, 7) is 0. The SMILES string of the molecule is O=C(O)c1ccc(C(=O)O)cc1.O=C(O)c1ccc2c(C(=O)O)c1CC1CCC(CC1)C2. The average Bonchev–Trinajstić information content (AvgIpc) is 2.83. The van der Waals surface area contributed by atoms with Crippen molar-refractivity contribution < 1.29 is 39.6 Å². The van der Waals surface area contributed by atoms with Crippen molar-refractivity contribution in [2.75, 3.05) is 0 Å². The van der Waals surface area contributed by atoms with Crippen LogP contribution in [0.1, 0.15) is 78.2 Å². The van der Waals surface area contributed by atoms with Crippen molar-refractivity contribution in [3.63, 3.8) is 0 Å². The minimum Gasteiger partial charge on any atom is -0.478 e. The van der Waals surface area contributed by atoms with Gasteiger partial charge in [-0.1, -0.05) is 6.07 Å². The monoisotopic (exact) mass is 440 g/mol. The first-order valence-corrected chi connectivity index (χ1v) is 10.3. The zero-order chi connectivity index (χ0) is 23.4. The summed E-state index contributed by atoms with van der Waals surface area (Å²) in [5.74, 6) is -3.16. The van der Waals surface area contributed by atoms with Crippen LogP contribution in [0.25, 0.3) is 0 Å². The van der Waals surface area contributed by atoms with Crippen LogP contribution in [0, 0.1) is 11.8 Å². The van der Waals surface area contributed by atoms with Crippen molar-refractivity contribution in [3.8, 4) is 0 Å². The Morgan fingerprint density at radius 2 is 1.06 bits per heavy atom. The molecule has 0 saturated heterocycles. The first-order valence-electron chi connectivity index (χ1n) is 10.3. The highest BCUT2D eigenvalue weighted by Gasteiger charge is 2.30. The molecule has 4 bridgehead atoms. The van der Waals surface area contributed by atoms with Gasteiger partial charge in [-0.15, -0.1) is 0 Å². The third kappa shape index (κ3) is 5.14. The lowest BCUT2D eigenvalue weighted by atomic mass is 9.79. The lowest BCUT2D eigenvalue weighted by molar-refractivity contribution is 0.0680. The van der Waals surface area contributed by atoms with Gasteiger partial charge in [-0.25, -0.2) is 19.2 Å². The molecule has 1 fully saturated rings. The van der Waals surface area contributed by atoms with E-state index in [1.807, 2.05) is 0 Å². The molecule has 8 heteroatoms. The van der Waals surface area contributed by atoms with Gasteiger partial charge in [0.15, 0.2) is 0 Å². The molecule has 5 rings (SSSR count). The van der Waals surface area contributed by atoms with Gasteiger partial charge < -0.3 is 20.4 Å². The molecule has 3 aliphatic rings. The second kappa shape index (κ2) is 9.64. The smallest absolute Gasteiger partial charge is 0.336 e. The van der Waals surface area contributed by atoms with Crippen molar-refractivity contribution in [1.29, 1.82) is 0 Å². The number of aromatic carboxylic acids is 4. The second-order valence-electron chi connectivity index (χ2n) is 8.22. The Morgan fingerprint density at radius 1 is 0.594 bits per heavy atom. The fourth-order valence-corrected chi connectivity index (χ4v) is 4.54. The third-order valence-electron chi connectivity index (χ3n) is 6.19. The van der Waals surface area contributed by atoms with E-state index in [1.165, 1.54) is 24.3 Å². The van der Waals surface area contributed by atoms with E-state index in [1.54, 1.807) is 12.1 Å². The molecular weight excluding hydrogens is 416 g/mol. The van der Waals surface area contributed by atoms with Crippen LogP contribution in [0.3, 0.4) is 0 Å². The zero-order valence-corrected chi connectivity index (χ0v) is 17.3. The summed E-state index contributed by atoms with van der Waals surface area (Å²) in [5.41, 5.74) is 1.93. The summed E-state index contributed by atoms with van der Waals surface area (Å²) in [6.07, 6.45) is 5.78. The molecule has 168 valence electrons. The number of carbonyl (C=O) groups is 4. The first kappa shape index (κ1) is 23.0. The van der Waals surface area contributed by atoms with Gasteiger partial charge in [-0.05, 0) is 91.8 Å². The van der Waals surface area contributed by atoms with Crippen molar-refractivity contribution >= 4 is 23.9 Å². The third-order valence-corrected chi connectivity index (χ3v) is 6.19. The fraction of sp³-hybridized carbons (Fsp3) is 0.333. The Kier molecular flexibility index (Phi) is 6.92. The van der Waals surface area contributed by atoms with Gasteiger partial charge in [-0.2, -0.15) is 0 Å². The number of fused-ring (bicyclic) bond motifs is 2. The maximum Gasteiger partial charge on any atom is 0.336 e. The summed E-state index contributed by atoms with van der Waals surface area (Å²) >= 11 is 0. The topological polar surface area (TPSA) is 149 Å². The van der Waals surface area contributed by atoms with E-state index >= 15 is 0 Å². The summed E-state index contributed by atoms with van der Waals surface area (Å²) in [6, 6.07) is 8.31. The highest BCUT2D eigenvalue weighted by molar-refractivity contribution is 5.98. The molecule has 4 N–H and O–H groups in total. The molecule has 8 nitrogen and oxygen atoms in total. The Balaban J connectivity index is 0.000000207. The molecule has 0 aliphatic heterocycles. The Bertz CT molecular complexity index is 1010. The first-order chi connectivity index (χ1) is 15.2. The molecule has 0 unspecified atom stereocenters. The lowest BCUT2D eigenvalue weighted by Gasteiger charge is -2.26. The molecule has 3 aliphatic carbocycles.